The van der Waals surface area contributed by atoms with Crippen molar-refractivity contribution in [1.82, 2.24) is 25.2 Å². The van der Waals surface area contributed by atoms with E-state index in [-0.39, 0.29) is 24.2 Å². The lowest BCUT2D eigenvalue weighted by Gasteiger charge is -2.25. The number of aliphatic hydroxyl groups is 1. The monoisotopic (exact) mass is 474 g/mol. The van der Waals surface area contributed by atoms with Crippen LogP contribution in [-0.2, 0) is 7.05 Å². The van der Waals surface area contributed by atoms with Crippen LogP contribution in [0, 0.1) is 6.92 Å². The largest absolute Gasteiger partial charge is 0.394 e. The number of carbonyl (C=O) groups is 1. The number of amides is 2. The molecule has 0 aromatic carbocycles. The highest BCUT2D eigenvalue weighted by atomic mass is 35.5. The summed E-state index contributed by atoms with van der Waals surface area (Å²) in [5, 5.41) is 22.8. The smallest absolute Gasteiger partial charge is 0.338 e. The Balaban J connectivity index is 1.87. The van der Waals surface area contributed by atoms with Crippen molar-refractivity contribution in [3.63, 3.8) is 0 Å². The Hall–Kier alpha value is -3.11. The molecule has 0 radical (unpaired) electrons. The van der Waals surface area contributed by atoms with Crippen molar-refractivity contribution >= 4 is 46.0 Å². The summed E-state index contributed by atoms with van der Waals surface area (Å²) in [5.41, 5.74) is 5.94. The summed E-state index contributed by atoms with van der Waals surface area (Å²) in [6.07, 6.45) is 0.930. The summed E-state index contributed by atoms with van der Waals surface area (Å²) >= 11 is 6.10. The quantitative estimate of drug-likeness (QED) is 0.275. The van der Waals surface area contributed by atoms with E-state index >= 15 is 0 Å². The van der Waals surface area contributed by atoms with Gasteiger partial charge in [-0.15, -0.1) is 0 Å². The molecule has 0 fully saturated rings. The number of aliphatic hydroxyl groups excluding tert-OH is 1. The minimum absolute atomic E-state index is 0.153. The van der Waals surface area contributed by atoms with E-state index in [1.165, 1.54) is 5.01 Å². The molecule has 3 heterocycles. The number of urea groups is 1. The van der Waals surface area contributed by atoms with Crippen LogP contribution in [0.1, 0.15) is 44.4 Å². The van der Waals surface area contributed by atoms with Crippen LogP contribution in [-0.4, -0.2) is 50.6 Å². The summed E-state index contributed by atoms with van der Waals surface area (Å²) in [5.74, 6) is 1.30. The molecule has 3 aromatic heterocycles. The van der Waals surface area contributed by atoms with Gasteiger partial charge in [-0.3, -0.25) is 9.69 Å². The molecule has 3 aromatic rings. The average Bonchev–Trinajstić information content (AvgIpc) is 3.04. The van der Waals surface area contributed by atoms with E-state index in [1.54, 1.807) is 16.8 Å². The molecular weight excluding hydrogens is 444 g/mol. The molecule has 0 aliphatic rings. The van der Waals surface area contributed by atoms with E-state index in [0.717, 1.165) is 29.6 Å². The van der Waals surface area contributed by atoms with Crippen LogP contribution in [0.25, 0.3) is 11.0 Å². The minimum atomic E-state index is -0.499. The molecule has 33 heavy (non-hydrogen) atoms. The number of rotatable bonds is 9. The number of nitrogens with zero attached hydrogens (tertiary/aromatic N) is 5. The molecule has 3 rings (SSSR count). The van der Waals surface area contributed by atoms with Crippen LogP contribution in [0.4, 0.5) is 22.1 Å². The maximum Gasteiger partial charge on any atom is 0.338 e. The van der Waals surface area contributed by atoms with Gasteiger partial charge in [0, 0.05) is 30.7 Å². The number of aryl methyl sites for hydroxylation is 2. The molecule has 0 spiro atoms. The van der Waals surface area contributed by atoms with Crippen LogP contribution < -0.4 is 21.1 Å². The van der Waals surface area contributed by atoms with Crippen molar-refractivity contribution in [3.05, 3.63) is 34.6 Å². The van der Waals surface area contributed by atoms with Crippen molar-refractivity contribution in [2.24, 2.45) is 7.05 Å². The first-order valence-corrected chi connectivity index (χ1v) is 11.3. The fourth-order valence-electron chi connectivity index (χ4n) is 3.58. The summed E-state index contributed by atoms with van der Waals surface area (Å²) in [7, 11) is 1.84. The fourth-order valence-corrected chi connectivity index (χ4v) is 3.79. The van der Waals surface area contributed by atoms with Gasteiger partial charge in [0.1, 0.15) is 16.8 Å². The first kappa shape index (κ1) is 24.5. The van der Waals surface area contributed by atoms with E-state index in [0.29, 0.717) is 23.0 Å². The molecule has 0 atom stereocenters. The highest BCUT2D eigenvalue weighted by Gasteiger charge is 2.19. The molecular formula is C22H31ClN8O2. The van der Waals surface area contributed by atoms with Gasteiger partial charge in [-0.25, -0.2) is 20.2 Å². The lowest BCUT2D eigenvalue weighted by atomic mass is 10.00. The molecule has 0 saturated heterocycles. The predicted molar refractivity (Wildman–Crippen MR) is 132 cm³/mol. The van der Waals surface area contributed by atoms with Gasteiger partial charge < -0.3 is 15.7 Å². The van der Waals surface area contributed by atoms with E-state index in [1.807, 2.05) is 27.0 Å². The lowest BCUT2D eigenvalue weighted by molar-refractivity contribution is 0.248. The number of hydrazine groups is 1. The first-order valence-electron chi connectivity index (χ1n) is 10.9. The van der Waals surface area contributed by atoms with E-state index < -0.39 is 6.03 Å². The van der Waals surface area contributed by atoms with E-state index in [4.69, 9.17) is 16.6 Å². The average molecular weight is 475 g/mol. The Morgan fingerprint density at radius 2 is 2.03 bits per heavy atom. The zero-order chi connectivity index (χ0) is 24.1. The summed E-state index contributed by atoms with van der Waals surface area (Å²) in [6.45, 7) is 8.91. The van der Waals surface area contributed by atoms with E-state index in [9.17, 15) is 9.90 Å². The highest BCUT2D eigenvalue weighted by Crippen LogP contribution is 2.30. The van der Waals surface area contributed by atoms with E-state index in [2.05, 4.69) is 40.0 Å². The fraction of sp³-hybridized carbons (Fsp3) is 0.455. The second-order valence-corrected chi connectivity index (χ2v) is 8.45. The molecule has 0 aliphatic heterocycles. The van der Waals surface area contributed by atoms with Gasteiger partial charge in [0.25, 0.3) is 0 Å². The zero-order valence-corrected chi connectivity index (χ0v) is 20.4. The van der Waals surface area contributed by atoms with Crippen LogP contribution in [0.5, 0.6) is 0 Å². The van der Waals surface area contributed by atoms with Crippen molar-refractivity contribution in [2.75, 3.05) is 35.3 Å². The standard InChI is InChI=1S/C22H31ClN8O2/c1-6-7-24-18-11-15(10-17(23)26-18)25-22(33)29-31(8-9-32)19-12-16(13(2)3)20-14(4)28-30(5)21(20)27-19/h10-13,32H,6-9H2,1-5H3,(H3,24,25,26,29,33). The van der Waals surface area contributed by atoms with Gasteiger partial charge in [-0.2, -0.15) is 5.10 Å². The number of aromatic nitrogens is 4. The van der Waals surface area contributed by atoms with Crippen LogP contribution in [0.15, 0.2) is 18.2 Å². The van der Waals surface area contributed by atoms with Gasteiger partial charge in [0.2, 0.25) is 0 Å². The Labute approximate surface area is 198 Å². The highest BCUT2D eigenvalue weighted by molar-refractivity contribution is 6.29. The molecule has 0 bridgehead atoms. The second-order valence-electron chi connectivity index (χ2n) is 8.06. The number of carbonyl (C=O) groups excluding carboxylic acids is 1. The number of hydrogen-bond donors (Lipinski definition) is 4. The second kappa shape index (κ2) is 10.7. The summed E-state index contributed by atoms with van der Waals surface area (Å²) in [6, 6.07) is 4.69. The van der Waals surface area contributed by atoms with Crippen molar-refractivity contribution in [2.45, 2.75) is 40.0 Å². The summed E-state index contributed by atoms with van der Waals surface area (Å²) < 4.78 is 1.72. The SMILES string of the molecule is CCCNc1cc(NC(=O)NN(CCO)c2cc(C(C)C)c3c(C)nn(C)c3n2)cc(Cl)n1. The number of anilines is 3. The summed E-state index contributed by atoms with van der Waals surface area (Å²) in [4.78, 5) is 21.7. The normalized spacial score (nSPS) is 11.2. The molecule has 178 valence electrons. The number of pyridine rings is 2. The molecule has 0 unspecified atom stereocenters. The third-order valence-electron chi connectivity index (χ3n) is 5.05. The number of halogens is 1. The Kier molecular flexibility index (Phi) is 7.93. The van der Waals surface area contributed by atoms with Crippen LogP contribution >= 0.6 is 11.6 Å². The molecule has 11 heteroatoms. The Bertz CT molecular complexity index is 1130. The molecule has 0 aliphatic carbocycles. The molecule has 0 saturated carbocycles. The first-order chi connectivity index (χ1) is 15.7. The third-order valence-corrected chi connectivity index (χ3v) is 5.25. The maximum atomic E-state index is 12.8. The van der Waals surface area contributed by atoms with Gasteiger partial charge in [-0.1, -0.05) is 32.4 Å². The predicted octanol–water partition coefficient (Wildman–Crippen LogP) is 3.81. The van der Waals surface area contributed by atoms with Crippen molar-refractivity contribution < 1.29 is 9.90 Å². The third kappa shape index (κ3) is 5.82. The van der Waals surface area contributed by atoms with Crippen molar-refractivity contribution in [3.8, 4) is 0 Å². The molecule has 4 N–H and O–H groups in total. The van der Waals surface area contributed by atoms with Crippen LogP contribution in [0.2, 0.25) is 5.15 Å². The number of hydrogen-bond acceptors (Lipinski definition) is 7. The number of fused-ring (bicyclic) bond motifs is 1. The molecule has 2 amide bonds. The lowest BCUT2D eigenvalue weighted by Crippen LogP contribution is -2.46. The van der Waals surface area contributed by atoms with Gasteiger partial charge in [-0.05, 0) is 37.0 Å². The van der Waals surface area contributed by atoms with Crippen LogP contribution in [0.3, 0.4) is 0 Å². The molecule has 10 nitrogen and oxygen atoms in total. The topological polar surface area (TPSA) is 120 Å². The van der Waals surface area contributed by atoms with Crippen molar-refractivity contribution in [1.29, 1.82) is 0 Å². The maximum absolute atomic E-state index is 12.8. The van der Waals surface area contributed by atoms with Gasteiger partial charge >= 0.3 is 6.03 Å². The van der Waals surface area contributed by atoms with Gasteiger partial charge in [0.15, 0.2) is 5.65 Å². The zero-order valence-electron chi connectivity index (χ0n) is 19.6. The Morgan fingerprint density at radius 3 is 2.70 bits per heavy atom. The Morgan fingerprint density at radius 1 is 1.27 bits per heavy atom. The number of nitrogens with one attached hydrogen (secondary N) is 3. The van der Waals surface area contributed by atoms with Gasteiger partial charge in [0.05, 0.1) is 18.8 Å². The minimum Gasteiger partial charge on any atom is -0.394 e.